The molecule has 0 spiro atoms. The number of nitrogens with zero attached hydrogens (tertiary/aromatic N) is 3. The SMILES string of the molecule is NCc1ccc2nc(C3CCCS3(=O)=O)nn2c1. The Hall–Kier alpha value is -1.47. The average Bonchev–Trinajstić information content (AvgIpc) is 2.90. The Balaban J connectivity index is 2.08. The lowest BCUT2D eigenvalue weighted by Crippen LogP contribution is -2.09. The van der Waals surface area contributed by atoms with Crippen LogP contribution in [-0.4, -0.2) is 28.8 Å². The van der Waals surface area contributed by atoms with Crippen LogP contribution in [0.2, 0.25) is 0 Å². The van der Waals surface area contributed by atoms with Crippen molar-refractivity contribution in [1.82, 2.24) is 14.6 Å². The van der Waals surface area contributed by atoms with E-state index < -0.39 is 15.1 Å². The minimum absolute atomic E-state index is 0.237. The fourth-order valence-electron chi connectivity index (χ4n) is 2.28. The van der Waals surface area contributed by atoms with E-state index in [2.05, 4.69) is 10.1 Å². The van der Waals surface area contributed by atoms with Crippen LogP contribution in [-0.2, 0) is 16.4 Å². The first kappa shape index (κ1) is 11.6. The van der Waals surface area contributed by atoms with E-state index in [-0.39, 0.29) is 5.75 Å². The van der Waals surface area contributed by atoms with E-state index >= 15 is 0 Å². The Bertz CT molecular complexity index is 692. The van der Waals surface area contributed by atoms with Crippen LogP contribution < -0.4 is 5.73 Å². The van der Waals surface area contributed by atoms with E-state index in [9.17, 15) is 8.42 Å². The molecule has 18 heavy (non-hydrogen) atoms. The zero-order chi connectivity index (χ0) is 12.8. The van der Waals surface area contributed by atoms with Crippen molar-refractivity contribution in [2.24, 2.45) is 5.73 Å². The van der Waals surface area contributed by atoms with Gasteiger partial charge in [-0.15, -0.1) is 5.10 Å². The molecule has 2 aromatic heterocycles. The molecule has 0 bridgehead atoms. The molecule has 3 heterocycles. The van der Waals surface area contributed by atoms with Crippen LogP contribution in [0.5, 0.6) is 0 Å². The van der Waals surface area contributed by atoms with Gasteiger partial charge in [0.15, 0.2) is 21.3 Å². The number of aromatic nitrogens is 3. The lowest BCUT2D eigenvalue weighted by atomic mass is 10.2. The predicted molar refractivity (Wildman–Crippen MR) is 66.6 cm³/mol. The summed E-state index contributed by atoms with van der Waals surface area (Å²) in [6, 6.07) is 3.68. The average molecular weight is 266 g/mol. The van der Waals surface area contributed by atoms with E-state index in [0.29, 0.717) is 30.9 Å². The molecule has 6 nitrogen and oxygen atoms in total. The summed E-state index contributed by atoms with van der Waals surface area (Å²) in [4.78, 5) is 4.30. The maximum Gasteiger partial charge on any atom is 0.169 e. The second-order valence-corrected chi connectivity index (χ2v) is 6.82. The molecule has 1 atom stereocenters. The Labute approximate surface area is 105 Å². The fourth-order valence-corrected chi connectivity index (χ4v) is 4.08. The third kappa shape index (κ3) is 1.79. The molecular formula is C11H14N4O2S. The van der Waals surface area contributed by atoms with Gasteiger partial charge in [0.25, 0.3) is 0 Å². The van der Waals surface area contributed by atoms with E-state index in [1.165, 1.54) is 0 Å². The molecule has 0 aromatic carbocycles. The first-order valence-electron chi connectivity index (χ1n) is 5.87. The van der Waals surface area contributed by atoms with E-state index in [1.54, 1.807) is 16.8 Å². The zero-order valence-corrected chi connectivity index (χ0v) is 10.6. The molecule has 1 aliphatic heterocycles. The number of nitrogens with two attached hydrogens (primary N) is 1. The highest BCUT2D eigenvalue weighted by atomic mass is 32.2. The number of hydrogen-bond donors (Lipinski definition) is 1. The van der Waals surface area contributed by atoms with Crippen LogP contribution >= 0.6 is 0 Å². The predicted octanol–water partition coefficient (Wildman–Crippen LogP) is 0.438. The van der Waals surface area contributed by atoms with Crippen molar-refractivity contribution < 1.29 is 8.42 Å². The minimum atomic E-state index is -3.07. The van der Waals surface area contributed by atoms with Gasteiger partial charge in [-0.05, 0) is 24.5 Å². The summed E-state index contributed by atoms with van der Waals surface area (Å²) in [5, 5.41) is 3.73. The van der Waals surface area contributed by atoms with Crippen molar-refractivity contribution in [2.75, 3.05) is 5.75 Å². The van der Waals surface area contributed by atoms with Crippen LogP contribution in [0, 0.1) is 0 Å². The van der Waals surface area contributed by atoms with Gasteiger partial charge in [-0.2, -0.15) is 0 Å². The van der Waals surface area contributed by atoms with Gasteiger partial charge < -0.3 is 5.73 Å². The number of pyridine rings is 1. The summed E-state index contributed by atoms with van der Waals surface area (Å²) in [5.74, 6) is 0.642. The summed E-state index contributed by atoms with van der Waals surface area (Å²) in [5.41, 5.74) is 7.15. The minimum Gasteiger partial charge on any atom is -0.326 e. The number of rotatable bonds is 2. The van der Waals surface area contributed by atoms with Crippen molar-refractivity contribution >= 4 is 15.5 Å². The number of hydrogen-bond acceptors (Lipinski definition) is 5. The molecular weight excluding hydrogens is 252 g/mol. The fraction of sp³-hybridized carbons (Fsp3) is 0.455. The van der Waals surface area contributed by atoms with E-state index in [1.807, 2.05) is 6.07 Å². The molecule has 0 saturated carbocycles. The van der Waals surface area contributed by atoms with Gasteiger partial charge in [-0.3, -0.25) is 0 Å². The van der Waals surface area contributed by atoms with Gasteiger partial charge in [0.1, 0.15) is 5.25 Å². The van der Waals surface area contributed by atoms with Crippen LogP contribution in [0.4, 0.5) is 0 Å². The van der Waals surface area contributed by atoms with Crippen LogP contribution in [0.15, 0.2) is 18.3 Å². The third-order valence-electron chi connectivity index (χ3n) is 3.26. The van der Waals surface area contributed by atoms with E-state index in [4.69, 9.17) is 5.73 Å². The number of fused-ring (bicyclic) bond motifs is 1. The van der Waals surface area contributed by atoms with Crippen molar-refractivity contribution in [3.05, 3.63) is 29.7 Å². The molecule has 2 aromatic rings. The molecule has 1 fully saturated rings. The largest absolute Gasteiger partial charge is 0.326 e. The highest BCUT2D eigenvalue weighted by Gasteiger charge is 2.35. The second-order valence-electron chi connectivity index (χ2n) is 4.51. The zero-order valence-electron chi connectivity index (χ0n) is 9.78. The maximum atomic E-state index is 11.9. The maximum absolute atomic E-state index is 11.9. The quantitative estimate of drug-likeness (QED) is 0.851. The van der Waals surface area contributed by atoms with E-state index in [0.717, 1.165) is 5.56 Å². The summed E-state index contributed by atoms with van der Waals surface area (Å²) in [7, 11) is -3.07. The van der Waals surface area contributed by atoms with Crippen molar-refractivity contribution in [2.45, 2.75) is 24.6 Å². The highest BCUT2D eigenvalue weighted by molar-refractivity contribution is 7.91. The molecule has 7 heteroatoms. The van der Waals surface area contributed by atoms with Gasteiger partial charge in [-0.25, -0.2) is 17.9 Å². The topological polar surface area (TPSA) is 90.3 Å². The second kappa shape index (κ2) is 4.03. The first-order chi connectivity index (χ1) is 8.60. The molecule has 3 rings (SSSR count). The molecule has 0 aliphatic carbocycles. The Kier molecular flexibility index (Phi) is 2.60. The smallest absolute Gasteiger partial charge is 0.169 e. The summed E-state index contributed by atoms with van der Waals surface area (Å²) in [6.07, 6.45) is 3.09. The van der Waals surface area contributed by atoms with Gasteiger partial charge in [-0.1, -0.05) is 6.07 Å². The van der Waals surface area contributed by atoms with Gasteiger partial charge in [0.05, 0.1) is 5.75 Å². The molecule has 0 radical (unpaired) electrons. The van der Waals surface area contributed by atoms with Gasteiger partial charge in [0, 0.05) is 12.7 Å². The van der Waals surface area contributed by atoms with Crippen molar-refractivity contribution in [3.8, 4) is 0 Å². The molecule has 96 valence electrons. The summed E-state index contributed by atoms with van der Waals surface area (Å²) < 4.78 is 25.3. The number of sulfone groups is 1. The van der Waals surface area contributed by atoms with Crippen LogP contribution in [0.25, 0.3) is 5.65 Å². The van der Waals surface area contributed by atoms with Gasteiger partial charge in [0.2, 0.25) is 0 Å². The van der Waals surface area contributed by atoms with Crippen molar-refractivity contribution in [1.29, 1.82) is 0 Å². The summed E-state index contributed by atoms with van der Waals surface area (Å²) in [6.45, 7) is 0.423. The van der Waals surface area contributed by atoms with Gasteiger partial charge >= 0.3 is 0 Å². The van der Waals surface area contributed by atoms with Crippen molar-refractivity contribution in [3.63, 3.8) is 0 Å². The highest BCUT2D eigenvalue weighted by Crippen LogP contribution is 2.32. The Morgan fingerprint density at radius 2 is 2.28 bits per heavy atom. The Morgan fingerprint density at radius 3 is 2.94 bits per heavy atom. The molecule has 0 amide bonds. The standard InChI is InChI=1S/C11H14N4O2S/c12-6-8-3-4-10-13-11(14-15(10)7-8)9-2-1-5-18(9,16)17/h3-4,7,9H,1-2,5-6,12H2. The molecule has 1 aliphatic rings. The third-order valence-corrected chi connectivity index (χ3v) is 5.43. The lowest BCUT2D eigenvalue weighted by Gasteiger charge is -2.02. The normalized spacial score (nSPS) is 22.6. The first-order valence-corrected chi connectivity index (χ1v) is 7.58. The monoisotopic (exact) mass is 266 g/mol. The molecule has 1 unspecified atom stereocenters. The van der Waals surface area contributed by atoms with Crippen LogP contribution in [0.3, 0.4) is 0 Å². The van der Waals surface area contributed by atoms with Crippen LogP contribution in [0.1, 0.15) is 29.5 Å². The lowest BCUT2D eigenvalue weighted by molar-refractivity contribution is 0.588. The summed E-state index contributed by atoms with van der Waals surface area (Å²) >= 11 is 0. The molecule has 2 N–H and O–H groups in total. The Morgan fingerprint density at radius 1 is 1.44 bits per heavy atom. The molecule has 1 saturated heterocycles.